The fourth-order valence-corrected chi connectivity index (χ4v) is 2.41. The average molecular weight is 369 g/mol. The minimum absolute atomic E-state index is 0.200. The molecule has 0 rings (SSSR count). The highest BCUT2D eigenvalue weighted by molar-refractivity contribution is 5.89. The van der Waals surface area contributed by atoms with Crippen molar-refractivity contribution in [3.05, 3.63) is 24.3 Å². The van der Waals surface area contributed by atoms with Crippen molar-refractivity contribution in [3.8, 4) is 0 Å². The Hall–Kier alpha value is -1.46. The Morgan fingerprint density at radius 2 is 1.54 bits per heavy atom. The summed E-state index contributed by atoms with van der Waals surface area (Å²) in [5, 5.41) is 17.7. The number of allylic oxidation sites excluding steroid dienone is 4. The quantitative estimate of drug-likeness (QED) is 0.176. The fraction of sp³-hybridized carbons (Fsp3) is 0.714. The third kappa shape index (κ3) is 16.0. The van der Waals surface area contributed by atoms with Gasteiger partial charge in [0.15, 0.2) is 5.78 Å². The number of carbonyl (C=O) groups excluding carboxylic acids is 2. The molecule has 0 aromatic rings. The Kier molecular flexibility index (Phi) is 17.3. The maximum absolute atomic E-state index is 11.5. The molecule has 0 saturated carbocycles. The minimum Gasteiger partial charge on any atom is -0.457 e. The van der Waals surface area contributed by atoms with E-state index >= 15 is 0 Å². The normalized spacial score (nSPS) is 11.7. The van der Waals surface area contributed by atoms with Crippen molar-refractivity contribution in [1.82, 2.24) is 0 Å². The van der Waals surface area contributed by atoms with Gasteiger partial charge in [-0.3, -0.25) is 9.59 Å². The molecule has 0 amide bonds. The van der Waals surface area contributed by atoms with Crippen LogP contribution in [0, 0.1) is 0 Å². The van der Waals surface area contributed by atoms with Gasteiger partial charge in [0.2, 0.25) is 0 Å². The van der Waals surface area contributed by atoms with Gasteiger partial charge in [-0.15, -0.1) is 0 Å². The van der Waals surface area contributed by atoms with E-state index in [4.69, 9.17) is 14.9 Å². The van der Waals surface area contributed by atoms with Crippen LogP contribution >= 0.6 is 0 Å². The van der Waals surface area contributed by atoms with Gasteiger partial charge in [-0.1, -0.05) is 57.3 Å². The Morgan fingerprint density at radius 1 is 0.885 bits per heavy atom. The molecule has 2 N–H and O–H groups in total. The topological polar surface area (TPSA) is 83.8 Å². The van der Waals surface area contributed by atoms with Crippen molar-refractivity contribution in [3.63, 3.8) is 0 Å². The Balaban J connectivity index is 3.50. The van der Waals surface area contributed by atoms with E-state index < -0.39 is 6.10 Å². The first-order valence-corrected chi connectivity index (χ1v) is 9.91. The molecule has 0 spiro atoms. The molecule has 0 bridgehead atoms. The number of unbranched alkanes of at least 4 members (excludes halogenated alkanes) is 7. The number of hydrogen-bond donors (Lipinski definition) is 2. The lowest BCUT2D eigenvalue weighted by atomic mass is 10.1. The standard InChI is InChI=1S/C21H36O5/c1-2-3-11-14-19(24)15-12-9-7-5-4-6-8-10-13-16-21(25)26-20(17-22)18-23/h7,9,12,15,20,22-23H,2-6,8,10-11,13-14,16-18H2,1H3/b9-7-,15-12+. The zero-order chi connectivity index (χ0) is 19.5. The van der Waals surface area contributed by atoms with Gasteiger partial charge in [0.1, 0.15) is 6.10 Å². The number of aliphatic hydroxyl groups is 2. The molecule has 0 fully saturated rings. The van der Waals surface area contributed by atoms with Crippen LogP contribution in [0.3, 0.4) is 0 Å². The van der Waals surface area contributed by atoms with Crippen LogP contribution in [-0.4, -0.2) is 41.3 Å². The first kappa shape index (κ1) is 24.5. The third-order valence-corrected chi connectivity index (χ3v) is 4.01. The summed E-state index contributed by atoms with van der Waals surface area (Å²) in [7, 11) is 0. The Morgan fingerprint density at radius 3 is 2.23 bits per heavy atom. The van der Waals surface area contributed by atoms with Gasteiger partial charge < -0.3 is 14.9 Å². The van der Waals surface area contributed by atoms with Crippen molar-refractivity contribution in [1.29, 1.82) is 0 Å². The van der Waals surface area contributed by atoms with Crippen molar-refractivity contribution >= 4 is 11.8 Å². The van der Waals surface area contributed by atoms with Crippen molar-refractivity contribution in [2.24, 2.45) is 0 Å². The predicted octanol–water partition coefficient (Wildman–Crippen LogP) is 3.88. The smallest absolute Gasteiger partial charge is 0.306 e. The Bertz CT molecular complexity index is 411. The van der Waals surface area contributed by atoms with Crippen molar-refractivity contribution in [2.75, 3.05) is 13.2 Å². The van der Waals surface area contributed by atoms with Gasteiger partial charge in [0.05, 0.1) is 13.2 Å². The summed E-state index contributed by atoms with van der Waals surface area (Å²) >= 11 is 0. The van der Waals surface area contributed by atoms with Crippen LogP contribution in [-0.2, 0) is 14.3 Å². The molecule has 0 aliphatic rings. The average Bonchev–Trinajstić information content (AvgIpc) is 2.64. The van der Waals surface area contributed by atoms with Gasteiger partial charge in [-0.2, -0.15) is 0 Å². The molecule has 0 aliphatic heterocycles. The number of rotatable bonds is 17. The monoisotopic (exact) mass is 368 g/mol. The number of carbonyl (C=O) groups is 2. The van der Waals surface area contributed by atoms with Crippen LogP contribution in [0.4, 0.5) is 0 Å². The van der Waals surface area contributed by atoms with Crippen LogP contribution in [0.15, 0.2) is 24.3 Å². The molecule has 0 radical (unpaired) electrons. The number of aliphatic hydroxyl groups excluding tert-OH is 2. The van der Waals surface area contributed by atoms with E-state index in [2.05, 4.69) is 13.0 Å². The van der Waals surface area contributed by atoms with Gasteiger partial charge >= 0.3 is 5.97 Å². The van der Waals surface area contributed by atoms with Crippen LogP contribution < -0.4 is 0 Å². The number of esters is 1. The van der Waals surface area contributed by atoms with Crippen LogP contribution in [0.5, 0.6) is 0 Å². The van der Waals surface area contributed by atoms with E-state index in [0.29, 0.717) is 12.8 Å². The highest BCUT2D eigenvalue weighted by atomic mass is 16.6. The van der Waals surface area contributed by atoms with E-state index in [1.54, 1.807) is 6.08 Å². The summed E-state index contributed by atoms with van der Waals surface area (Å²) in [5.74, 6) is -0.164. The molecule has 0 unspecified atom stereocenters. The molecule has 150 valence electrons. The predicted molar refractivity (Wildman–Crippen MR) is 104 cm³/mol. The zero-order valence-corrected chi connectivity index (χ0v) is 16.2. The second-order valence-corrected chi connectivity index (χ2v) is 6.49. The van der Waals surface area contributed by atoms with Gasteiger partial charge in [0.25, 0.3) is 0 Å². The van der Waals surface area contributed by atoms with Crippen LogP contribution in [0.1, 0.15) is 77.6 Å². The molecular formula is C21H36O5. The number of ketones is 1. The zero-order valence-electron chi connectivity index (χ0n) is 16.2. The minimum atomic E-state index is -0.796. The number of ether oxygens (including phenoxy) is 1. The van der Waals surface area contributed by atoms with Crippen molar-refractivity contribution in [2.45, 2.75) is 83.7 Å². The lowest BCUT2D eigenvalue weighted by Crippen LogP contribution is -2.25. The van der Waals surface area contributed by atoms with E-state index in [0.717, 1.165) is 57.8 Å². The Labute approximate surface area is 158 Å². The first-order valence-electron chi connectivity index (χ1n) is 9.91. The van der Waals surface area contributed by atoms with Crippen LogP contribution in [0.2, 0.25) is 0 Å². The highest BCUT2D eigenvalue weighted by Gasteiger charge is 2.11. The molecule has 0 heterocycles. The SMILES string of the molecule is CCCCCC(=O)/C=C/C=C\CCCCCCCC(=O)OC(CO)CO. The lowest BCUT2D eigenvalue weighted by molar-refractivity contribution is -0.153. The molecular weight excluding hydrogens is 332 g/mol. The van der Waals surface area contributed by atoms with Crippen LogP contribution in [0.25, 0.3) is 0 Å². The molecule has 5 heteroatoms. The summed E-state index contributed by atoms with van der Waals surface area (Å²) in [4.78, 5) is 23.0. The highest BCUT2D eigenvalue weighted by Crippen LogP contribution is 2.09. The van der Waals surface area contributed by atoms with E-state index in [1.807, 2.05) is 12.2 Å². The van der Waals surface area contributed by atoms with E-state index in [9.17, 15) is 9.59 Å². The summed E-state index contributed by atoms with van der Waals surface area (Å²) in [5.41, 5.74) is 0. The second kappa shape index (κ2) is 18.3. The molecule has 0 saturated heterocycles. The third-order valence-electron chi connectivity index (χ3n) is 4.01. The summed E-state index contributed by atoms with van der Waals surface area (Å²) < 4.78 is 4.90. The largest absolute Gasteiger partial charge is 0.457 e. The summed E-state index contributed by atoms with van der Waals surface area (Å²) in [6, 6.07) is 0. The molecule has 0 aliphatic carbocycles. The fourth-order valence-electron chi connectivity index (χ4n) is 2.41. The molecule has 5 nitrogen and oxygen atoms in total. The number of hydrogen-bond acceptors (Lipinski definition) is 5. The molecule has 0 aromatic carbocycles. The molecule has 26 heavy (non-hydrogen) atoms. The first-order chi connectivity index (χ1) is 12.6. The summed E-state index contributed by atoms with van der Waals surface area (Å²) in [6.07, 6.45) is 16.9. The van der Waals surface area contributed by atoms with Gasteiger partial charge in [-0.25, -0.2) is 0 Å². The molecule has 0 atom stereocenters. The molecule has 0 aromatic heterocycles. The van der Waals surface area contributed by atoms with Gasteiger partial charge in [-0.05, 0) is 31.8 Å². The second-order valence-electron chi connectivity index (χ2n) is 6.49. The maximum Gasteiger partial charge on any atom is 0.306 e. The lowest BCUT2D eigenvalue weighted by Gasteiger charge is -2.12. The maximum atomic E-state index is 11.5. The van der Waals surface area contributed by atoms with Crippen molar-refractivity contribution < 1.29 is 24.5 Å². The van der Waals surface area contributed by atoms with Gasteiger partial charge in [0, 0.05) is 12.8 Å². The van der Waals surface area contributed by atoms with E-state index in [1.165, 1.54) is 0 Å². The van der Waals surface area contributed by atoms with E-state index in [-0.39, 0.29) is 25.0 Å². The summed E-state index contributed by atoms with van der Waals surface area (Å²) in [6.45, 7) is 1.43.